The number of amides is 2. The predicted molar refractivity (Wildman–Crippen MR) is 113 cm³/mol. The number of piperidine rings is 1. The molecule has 1 unspecified atom stereocenters. The van der Waals surface area contributed by atoms with Crippen LogP contribution in [0.15, 0.2) is 53.4 Å². The maximum atomic E-state index is 13.0. The number of rotatable bonds is 7. The summed E-state index contributed by atoms with van der Waals surface area (Å²) < 4.78 is 32.7. The molecule has 0 saturated carbocycles. The third-order valence-corrected chi connectivity index (χ3v) is 6.84. The van der Waals surface area contributed by atoms with Crippen molar-refractivity contribution in [1.82, 2.24) is 4.31 Å². The van der Waals surface area contributed by atoms with E-state index in [9.17, 15) is 18.0 Å². The molecule has 0 spiro atoms. The molecule has 1 aliphatic heterocycles. The first-order valence-electron chi connectivity index (χ1n) is 9.75. The maximum absolute atomic E-state index is 13.0. The van der Waals surface area contributed by atoms with Crippen LogP contribution in [0.25, 0.3) is 0 Å². The Morgan fingerprint density at radius 3 is 2.40 bits per heavy atom. The second-order valence-corrected chi connectivity index (χ2v) is 8.98. The topological polar surface area (TPSA) is 119 Å². The summed E-state index contributed by atoms with van der Waals surface area (Å²) in [4.78, 5) is 24.0. The van der Waals surface area contributed by atoms with E-state index in [-0.39, 0.29) is 17.3 Å². The van der Waals surface area contributed by atoms with Gasteiger partial charge in [-0.15, -0.1) is 0 Å². The normalized spacial score (nSPS) is 17.3. The minimum Gasteiger partial charge on any atom is -0.494 e. The highest BCUT2D eigenvalue weighted by atomic mass is 32.2. The molecular formula is C21H25N3O5S. The summed E-state index contributed by atoms with van der Waals surface area (Å²) in [5, 5.41) is 2.78. The molecule has 0 bridgehead atoms. The van der Waals surface area contributed by atoms with E-state index in [0.29, 0.717) is 43.0 Å². The lowest BCUT2D eigenvalue weighted by Crippen LogP contribution is -2.43. The number of sulfonamides is 1. The average Bonchev–Trinajstić information content (AvgIpc) is 2.75. The lowest BCUT2D eigenvalue weighted by molar-refractivity contribution is -0.120. The second kappa shape index (κ2) is 9.27. The van der Waals surface area contributed by atoms with E-state index in [1.165, 1.54) is 28.6 Å². The summed E-state index contributed by atoms with van der Waals surface area (Å²) in [5.74, 6) is -0.662. The highest BCUT2D eigenvalue weighted by molar-refractivity contribution is 7.89. The summed E-state index contributed by atoms with van der Waals surface area (Å²) in [6.07, 6.45) is 1.19. The van der Waals surface area contributed by atoms with Gasteiger partial charge in [0.25, 0.3) is 0 Å². The molecule has 2 amide bonds. The molecule has 1 fully saturated rings. The smallest absolute Gasteiger partial charge is 0.248 e. The van der Waals surface area contributed by atoms with Crippen molar-refractivity contribution in [2.75, 3.05) is 25.0 Å². The number of hydrogen-bond donors (Lipinski definition) is 2. The summed E-state index contributed by atoms with van der Waals surface area (Å²) in [5.41, 5.74) is 6.08. The highest BCUT2D eigenvalue weighted by Crippen LogP contribution is 2.26. The third kappa shape index (κ3) is 4.98. The molecule has 3 rings (SSSR count). The van der Waals surface area contributed by atoms with Gasteiger partial charge in [0.1, 0.15) is 5.75 Å². The van der Waals surface area contributed by atoms with Gasteiger partial charge in [-0.2, -0.15) is 4.31 Å². The molecule has 1 atom stereocenters. The maximum Gasteiger partial charge on any atom is 0.248 e. The predicted octanol–water partition coefficient (Wildman–Crippen LogP) is 2.22. The lowest BCUT2D eigenvalue weighted by Gasteiger charge is -2.31. The fraction of sp³-hybridized carbons (Fsp3) is 0.333. The van der Waals surface area contributed by atoms with Crippen molar-refractivity contribution in [2.24, 2.45) is 11.7 Å². The van der Waals surface area contributed by atoms with Crippen LogP contribution in [0.2, 0.25) is 0 Å². The van der Waals surface area contributed by atoms with E-state index in [1.54, 1.807) is 24.3 Å². The lowest BCUT2D eigenvalue weighted by atomic mass is 9.98. The number of benzene rings is 2. The Morgan fingerprint density at radius 1 is 1.13 bits per heavy atom. The first-order valence-corrected chi connectivity index (χ1v) is 11.2. The molecule has 3 N–H and O–H groups in total. The van der Waals surface area contributed by atoms with Gasteiger partial charge in [0.15, 0.2) is 0 Å². The number of primary amides is 1. The van der Waals surface area contributed by atoms with E-state index < -0.39 is 21.8 Å². The van der Waals surface area contributed by atoms with Gasteiger partial charge in [-0.3, -0.25) is 9.59 Å². The number of carbonyl (C=O) groups is 2. The highest BCUT2D eigenvalue weighted by Gasteiger charge is 2.33. The number of nitrogens with two attached hydrogens (primary N) is 1. The van der Waals surface area contributed by atoms with Gasteiger partial charge in [-0.25, -0.2) is 8.42 Å². The van der Waals surface area contributed by atoms with Crippen LogP contribution in [0.3, 0.4) is 0 Å². The van der Waals surface area contributed by atoms with Crippen molar-refractivity contribution < 1.29 is 22.7 Å². The van der Waals surface area contributed by atoms with Crippen molar-refractivity contribution in [3.05, 3.63) is 54.1 Å². The van der Waals surface area contributed by atoms with Crippen molar-refractivity contribution in [1.29, 1.82) is 0 Å². The van der Waals surface area contributed by atoms with Crippen molar-refractivity contribution >= 4 is 27.5 Å². The zero-order chi connectivity index (χ0) is 21.7. The fourth-order valence-electron chi connectivity index (χ4n) is 3.36. The average molecular weight is 432 g/mol. The van der Waals surface area contributed by atoms with E-state index in [1.807, 2.05) is 6.92 Å². The van der Waals surface area contributed by atoms with Gasteiger partial charge in [-0.1, -0.05) is 0 Å². The molecule has 2 aromatic rings. The Hall–Kier alpha value is -2.91. The number of hydrogen-bond acceptors (Lipinski definition) is 5. The second-order valence-electron chi connectivity index (χ2n) is 7.04. The van der Waals surface area contributed by atoms with Crippen molar-refractivity contribution in [3.63, 3.8) is 0 Å². The van der Waals surface area contributed by atoms with Crippen LogP contribution in [0.5, 0.6) is 5.75 Å². The molecule has 1 aliphatic rings. The van der Waals surface area contributed by atoms with Crippen LogP contribution in [0.1, 0.15) is 30.1 Å². The van der Waals surface area contributed by atoms with E-state index in [0.717, 1.165) is 0 Å². The Balaban J connectivity index is 1.67. The standard InChI is InChI=1S/C21H25N3O5S/c1-2-29-18-9-11-19(12-10-18)30(27,28)24-13-3-4-16(14-24)21(26)23-17-7-5-15(6-8-17)20(22)25/h5-12,16H,2-4,13-14H2,1H3,(H2,22,25)(H,23,26). The van der Waals surface area contributed by atoms with Crippen molar-refractivity contribution in [2.45, 2.75) is 24.7 Å². The van der Waals surface area contributed by atoms with Gasteiger partial charge in [-0.05, 0) is 68.3 Å². The summed E-state index contributed by atoms with van der Waals surface area (Å²) in [6, 6.07) is 12.5. The zero-order valence-corrected chi connectivity index (χ0v) is 17.5. The van der Waals surface area contributed by atoms with Gasteiger partial charge in [0, 0.05) is 24.3 Å². The largest absolute Gasteiger partial charge is 0.494 e. The van der Waals surface area contributed by atoms with Crippen LogP contribution in [0.4, 0.5) is 5.69 Å². The minimum atomic E-state index is -3.70. The first-order chi connectivity index (χ1) is 14.3. The Kier molecular flexibility index (Phi) is 6.73. The number of ether oxygens (including phenoxy) is 1. The molecule has 1 saturated heterocycles. The molecular weight excluding hydrogens is 406 g/mol. The van der Waals surface area contributed by atoms with E-state index in [4.69, 9.17) is 10.5 Å². The number of nitrogens with zero attached hydrogens (tertiary/aromatic N) is 1. The van der Waals surface area contributed by atoms with Crippen LogP contribution in [-0.4, -0.2) is 44.2 Å². The SMILES string of the molecule is CCOc1ccc(S(=O)(=O)N2CCCC(C(=O)Nc3ccc(C(N)=O)cc3)C2)cc1. The van der Waals surface area contributed by atoms with Gasteiger partial charge < -0.3 is 15.8 Å². The zero-order valence-electron chi connectivity index (χ0n) is 16.7. The van der Waals surface area contributed by atoms with Crippen LogP contribution in [0, 0.1) is 5.92 Å². The number of carbonyl (C=O) groups excluding carboxylic acids is 2. The Labute approximate surface area is 176 Å². The number of anilines is 1. The first kappa shape index (κ1) is 21.8. The number of nitrogens with one attached hydrogen (secondary N) is 1. The van der Waals surface area contributed by atoms with Gasteiger partial charge in [0.2, 0.25) is 21.8 Å². The Bertz CT molecular complexity index is 1000. The molecule has 9 heteroatoms. The Morgan fingerprint density at radius 2 is 1.80 bits per heavy atom. The molecule has 2 aromatic carbocycles. The summed E-state index contributed by atoms with van der Waals surface area (Å²) in [6.45, 7) is 2.84. The molecule has 0 aromatic heterocycles. The van der Waals surface area contributed by atoms with Crippen LogP contribution in [-0.2, 0) is 14.8 Å². The minimum absolute atomic E-state index is 0.112. The quantitative estimate of drug-likeness (QED) is 0.697. The van der Waals surface area contributed by atoms with E-state index in [2.05, 4.69) is 5.32 Å². The molecule has 30 heavy (non-hydrogen) atoms. The molecule has 1 heterocycles. The molecule has 0 radical (unpaired) electrons. The van der Waals surface area contributed by atoms with E-state index >= 15 is 0 Å². The van der Waals surface area contributed by atoms with Gasteiger partial charge in [0.05, 0.1) is 17.4 Å². The molecule has 160 valence electrons. The monoisotopic (exact) mass is 431 g/mol. The summed E-state index contributed by atoms with van der Waals surface area (Å²) in [7, 11) is -3.70. The molecule has 8 nitrogen and oxygen atoms in total. The fourth-order valence-corrected chi connectivity index (χ4v) is 4.88. The van der Waals surface area contributed by atoms with Crippen molar-refractivity contribution in [3.8, 4) is 5.75 Å². The molecule has 0 aliphatic carbocycles. The summed E-state index contributed by atoms with van der Waals surface area (Å²) >= 11 is 0. The van der Waals surface area contributed by atoms with Gasteiger partial charge >= 0.3 is 0 Å². The van der Waals surface area contributed by atoms with Crippen LogP contribution < -0.4 is 15.8 Å². The third-order valence-electron chi connectivity index (χ3n) is 4.96. The van der Waals surface area contributed by atoms with Crippen LogP contribution >= 0.6 is 0 Å².